The lowest BCUT2D eigenvalue weighted by Crippen LogP contribution is -2.37. The van der Waals surface area contributed by atoms with Crippen LogP contribution in [0.1, 0.15) is 42.5 Å². The standard InChI is InChI=1S/C21H21F6N5O/c1-11-18-17(14-7-6-13(21(25,26)27)8-12(14)9-20(22,23)24)30-31-19(32(18)10-28-11)29-15-4-2-3-5-16(15)33/h6-8,10,15-16,33H,2-5,9H2,1H3,(H,29,31)/t15-,16-/m1/s1. The maximum absolute atomic E-state index is 13.2. The smallest absolute Gasteiger partial charge is 0.391 e. The summed E-state index contributed by atoms with van der Waals surface area (Å²) in [5.41, 5.74) is -1.11. The van der Waals surface area contributed by atoms with Crippen molar-refractivity contribution in [3.63, 3.8) is 0 Å². The van der Waals surface area contributed by atoms with Gasteiger partial charge < -0.3 is 10.4 Å². The molecule has 1 aliphatic carbocycles. The molecule has 3 aromatic rings. The molecule has 6 nitrogen and oxygen atoms in total. The first-order valence-corrected chi connectivity index (χ1v) is 10.4. The van der Waals surface area contributed by atoms with Crippen molar-refractivity contribution in [2.45, 2.75) is 63.5 Å². The molecule has 2 aromatic heterocycles. The van der Waals surface area contributed by atoms with E-state index in [4.69, 9.17) is 0 Å². The van der Waals surface area contributed by atoms with Gasteiger partial charge in [-0.2, -0.15) is 26.3 Å². The Labute approximate surface area is 184 Å². The Balaban J connectivity index is 1.82. The van der Waals surface area contributed by atoms with Crippen LogP contribution in [0.3, 0.4) is 0 Å². The minimum atomic E-state index is -4.79. The van der Waals surface area contributed by atoms with Crippen molar-refractivity contribution in [3.05, 3.63) is 41.3 Å². The monoisotopic (exact) mass is 473 g/mol. The summed E-state index contributed by atoms with van der Waals surface area (Å²) in [5.74, 6) is 0.240. The number of rotatable bonds is 4. The van der Waals surface area contributed by atoms with Gasteiger partial charge >= 0.3 is 12.4 Å². The number of halogens is 6. The highest BCUT2D eigenvalue weighted by Crippen LogP contribution is 2.37. The van der Waals surface area contributed by atoms with Crippen LogP contribution in [0.25, 0.3) is 16.8 Å². The van der Waals surface area contributed by atoms with Crippen LogP contribution in [-0.2, 0) is 12.6 Å². The number of anilines is 1. The van der Waals surface area contributed by atoms with Gasteiger partial charge in [0.1, 0.15) is 12.0 Å². The normalized spacial score (nSPS) is 19.8. The Morgan fingerprint density at radius 1 is 1.09 bits per heavy atom. The molecule has 4 rings (SSSR count). The molecule has 0 radical (unpaired) electrons. The number of hydrogen-bond donors (Lipinski definition) is 2. The lowest BCUT2D eigenvalue weighted by molar-refractivity contribution is -0.138. The van der Waals surface area contributed by atoms with E-state index >= 15 is 0 Å². The van der Waals surface area contributed by atoms with Crippen molar-refractivity contribution in [2.24, 2.45) is 0 Å². The molecule has 0 bridgehead atoms. The maximum Gasteiger partial charge on any atom is 0.416 e. The second-order valence-corrected chi connectivity index (χ2v) is 8.19. The molecule has 0 amide bonds. The number of hydrogen-bond acceptors (Lipinski definition) is 5. The van der Waals surface area contributed by atoms with Gasteiger partial charge in [-0.15, -0.1) is 10.2 Å². The van der Waals surface area contributed by atoms with E-state index in [0.29, 0.717) is 30.1 Å². The summed E-state index contributed by atoms with van der Waals surface area (Å²) in [6.45, 7) is 1.62. The van der Waals surface area contributed by atoms with Crippen LogP contribution < -0.4 is 5.32 Å². The number of aliphatic hydroxyl groups is 1. The first kappa shape index (κ1) is 23.3. The zero-order valence-corrected chi connectivity index (χ0v) is 17.5. The molecule has 2 heterocycles. The molecule has 2 N–H and O–H groups in total. The summed E-state index contributed by atoms with van der Waals surface area (Å²) >= 11 is 0. The van der Waals surface area contributed by atoms with E-state index in [2.05, 4.69) is 20.5 Å². The number of aryl methyl sites for hydroxylation is 1. The van der Waals surface area contributed by atoms with E-state index < -0.39 is 36.0 Å². The van der Waals surface area contributed by atoms with Gasteiger partial charge in [-0.25, -0.2) is 4.98 Å². The van der Waals surface area contributed by atoms with Gasteiger partial charge in [-0.3, -0.25) is 4.40 Å². The number of nitrogens with zero attached hydrogens (tertiary/aromatic N) is 4. The van der Waals surface area contributed by atoms with E-state index in [-0.39, 0.29) is 23.2 Å². The third-order valence-electron chi connectivity index (χ3n) is 5.77. The van der Waals surface area contributed by atoms with Crippen LogP contribution >= 0.6 is 0 Å². The molecular formula is C21H21F6N5O. The molecule has 33 heavy (non-hydrogen) atoms. The molecule has 1 fully saturated rings. The zero-order chi connectivity index (χ0) is 24.0. The summed E-state index contributed by atoms with van der Waals surface area (Å²) in [7, 11) is 0. The van der Waals surface area contributed by atoms with Crippen LogP contribution in [0.4, 0.5) is 32.3 Å². The number of nitrogens with one attached hydrogen (secondary N) is 1. The number of benzene rings is 1. The number of aromatic nitrogens is 4. The molecule has 178 valence electrons. The molecule has 0 aliphatic heterocycles. The number of imidazole rings is 1. The summed E-state index contributed by atoms with van der Waals surface area (Å²) in [6, 6.07) is 1.93. The largest absolute Gasteiger partial charge is 0.416 e. The third-order valence-corrected chi connectivity index (χ3v) is 5.77. The van der Waals surface area contributed by atoms with E-state index in [1.165, 1.54) is 10.7 Å². The maximum atomic E-state index is 13.2. The fourth-order valence-corrected chi connectivity index (χ4v) is 4.17. The zero-order valence-electron chi connectivity index (χ0n) is 17.5. The Morgan fingerprint density at radius 2 is 1.82 bits per heavy atom. The molecule has 1 aromatic carbocycles. The van der Waals surface area contributed by atoms with Gasteiger partial charge in [-0.1, -0.05) is 18.9 Å². The number of aliphatic hydroxyl groups excluding tert-OH is 1. The molecule has 1 aliphatic rings. The quantitative estimate of drug-likeness (QED) is 0.525. The first-order chi connectivity index (χ1) is 15.4. The second kappa shape index (κ2) is 8.47. The molecule has 0 unspecified atom stereocenters. The predicted molar refractivity (Wildman–Crippen MR) is 108 cm³/mol. The molecular weight excluding hydrogens is 452 g/mol. The number of alkyl halides is 6. The summed E-state index contributed by atoms with van der Waals surface area (Å²) in [5, 5.41) is 21.5. The van der Waals surface area contributed by atoms with Gasteiger partial charge in [0.2, 0.25) is 5.95 Å². The van der Waals surface area contributed by atoms with Crippen LogP contribution in [-0.4, -0.2) is 43.0 Å². The highest BCUT2D eigenvalue weighted by Gasteiger charge is 2.35. The van der Waals surface area contributed by atoms with Crippen LogP contribution in [0.15, 0.2) is 24.5 Å². The van der Waals surface area contributed by atoms with Crippen molar-refractivity contribution >= 4 is 11.5 Å². The van der Waals surface area contributed by atoms with Gasteiger partial charge in [0.25, 0.3) is 0 Å². The van der Waals surface area contributed by atoms with Crippen LogP contribution in [0.2, 0.25) is 0 Å². The second-order valence-electron chi connectivity index (χ2n) is 8.19. The lowest BCUT2D eigenvalue weighted by atomic mass is 9.93. The van der Waals surface area contributed by atoms with E-state index in [9.17, 15) is 31.4 Å². The van der Waals surface area contributed by atoms with Gasteiger partial charge in [-0.05, 0) is 37.5 Å². The predicted octanol–water partition coefficient (Wildman–Crippen LogP) is 4.94. The summed E-state index contributed by atoms with van der Waals surface area (Å²) in [6.07, 6.45) is -7.10. The highest BCUT2D eigenvalue weighted by atomic mass is 19.4. The summed E-state index contributed by atoms with van der Waals surface area (Å²) < 4.78 is 80.5. The van der Waals surface area contributed by atoms with E-state index in [0.717, 1.165) is 25.0 Å². The van der Waals surface area contributed by atoms with Gasteiger partial charge in [0, 0.05) is 5.56 Å². The lowest BCUT2D eigenvalue weighted by Gasteiger charge is -2.28. The van der Waals surface area contributed by atoms with Gasteiger partial charge in [0.15, 0.2) is 0 Å². The van der Waals surface area contributed by atoms with E-state index in [1.54, 1.807) is 6.92 Å². The third kappa shape index (κ3) is 4.90. The topological polar surface area (TPSA) is 75.3 Å². The van der Waals surface area contributed by atoms with Gasteiger partial charge in [0.05, 0.1) is 35.3 Å². The minimum Gasteiger partial charge on any atom is -0.391 e. The molecule has 2 atom stereocenters. The average Bonchev–Trinajstić information content (AvgIpc) is 3.11. The molecule has 12 heteroatoms. The fraction of sp³-hybridized carbons (Fsp3) is 0.476. The van der Waals surface area contributed by atoms with Crippen LogP contribution in [0, 0.1) is 6.92 Å². The van der Waals surface area contributed by atoms with Crippen molar-refractivity contribution < 1.29 is 31.4 Å². The first-order valence-electron chi connectivity index (χ1n) is 10.4. The molecule has 0 saturated heterocycles. The fourth-order valence-electron chi connectivity index (χ4n) is 4.17. The van der Waals surface area contributed by atoms with Crippen molar-refractivity contribution in [1.82, 2.24) is 19.6 Å². The molecule has 1 saturated carbocycles. The average molecular weight is 473 g/mol. The Kier molecular flexibility index (Phi) is 5.97. The Bertz CT molecular complexity index is 1160. The minimum absolute atomic E-state index is 0.00674. The highest BCUT2D eigenvalue weighted by molar-refractivity contribution is 5.81. The number of fused-ring (bicyclic) bond motifs is 1. The van der Waals surface area contributed by atoms with Crippen molar-refractivity contribution in [3.8, 4) is 11.3 Å². The Morgan fingerprint density at radius 3 is 2.48 bits per heavy atom. The van der Waals surface area contributed by atoms with Crippen LogP contribution in [0.5, 0.6) is 0 Å². The Hall–Kier alpha value is -2.89. The van der Waals surface area contributed by atoms with Crippen molar-refractivity contribution in [2.75, 3.05) is 5.32 Å². The summed E-state index contributed by atoms with van der Waals surface area (Å²) in [4.78, 5) is 4.19. The van der Waals surface area contributed by atoms with Crippen molar-refractivity contribution in [1.29, 1.82) is 0 Å². The molecule has 0 spiro atoms. The SMILES string of the molecule is Cc1ncn2c(N[C@@H]3CCCC[C@H]3O)nnc(-c3ccc(C(F)(F)F)cc3CC(F)(F)F)c12. The van der Waals surface area contributed by atoms with E-state index in [1.807, 2.05) is 0 Å².